The lowest BCUT2D eigenvalue weighted by Crippen LogP contribution is -2.46. The van der Waals surface area contributed by atoms with E-state index in [0.717, 1.165) is 25.7 Å². The van der Waals surface area contributed by atoms with Crippen LogP contribution in [-0.2, 0) is 10.0 Å². The predicted molar refractivity (Wildman–Crippen MR) is 77.5 cm³/mol. The highest BCUT2D eigenvalue weighted by atomic mass is 32.2. The Bertz CT molecular complexity index is 690. The minimum absolute atomic E-state index is 0.0282. The van der Waals surface area contributed by atoms with Crippen LogP contribution < -0.4 is 4.72 Å². The van der Waals surface area contributed by atoms with E-state index >= 15 is 0 Å². The van der Waals surface area contributed by atoms with Gasteiger partial charge in [0.15, 0.2) is 0 Å². The van der Waals surface area contributed by atoms with Gasteiger partial charge >= 0.3 is 0 Å². The van der Waals surface area contributed by atoms with Gasteiger partial charge in [-0.3, -0.25) is 0 Å². The Morgan fingerprint density at radius 3 is 2.33 bits per heavy atom. The molecule has 1 aliphatic carbocycles. The summed E-state index contributed by atoms with van der Waals surface area (Å²) in [5.41, 5.74) is -0.748. The first-order valence-electron chi connectivity index (χ1n) is 6.97. The van der Waals surface area contributed by atoms with Gasteiger partial charge in [0.25, 0.3) is 0 Å². The third-order valence-electron chi connectivity index (χ3n) is 3.77. The molecule has 0 atom stereocenters. The number of rotatable bonds is 3. The highest BCUT2D eigenvalue weighted by Gasteiger charge is 2.35. The Hall–Kier alpha value is -1.89. The molecule has 1 aromatic carbocycles. The first-order valence-corrected chi connectivity index (χ1v) is 8.45. The maximum Gasteiger partial charge on any atom is 0.241 e. The molecule has 1 aromatic rings. The standard InChI is InChI=1S/C15H17N3O2S/c16-11-13-6-5-7-14(10-13)21(19,20)18-15(12-17)8-3-1-2-4-9-15/h5-7,10,18H,1-4,8-9H2. The van der Waals surface area contributed by atoms with Gasteiger partial charge in [0, 0.05) is 0 Å². The Kier molecular flexibility index (Phi) is 4.62. The molecule has 0 unspecified atom stereocenters. The van der Waals surface area contributed by atoms with Gasteiger partial charge in [0.2, 0.25) is 10.0 Å². The molecule has 0 amide bonds. The summed E-state index contributed by atoms with van der Waals surface area (Å²) in [5, 5.41) is 18.3. The zero-order valence-electron chi connectivity index (χ0n) is 11.7. The lowest BCUT2D eigenvalue weighted by atomic mass is 9.94. The lowest BCUT2D eigenvalue weighted by Gasteiger charge is -2.26. The number of nitrogens with zero attached hydrogens (tertiary/aromatic N) is 2. The first kappa shape index (κ1) is 15.5. The fourth-order valence-corrected chi connectivity index (χ4v) is 4.04. The number of nitrogens with one attached hydrogen (secondary N) is 1. The average molecular weight is 303 g/mol. The minimum Gasteiger partial charge on any atom is -0.207 e. The molecule has 1 N–H and O–H groups in total. The van der Waals surface area contributed by atoms with Gasteiger partial charge in [0.1, 0.15) is 5.54 Å². The van der Waals surface area contributed by atoms with Crippen molar-refractivity contribution < 1.29 is 8.42 Å². The SMILES string of the molecule is N#Cc1cccc(S(=O)(=O)NC2(C#N)CCCCCC2)c1. The van der Waals surface area contributed by atoms with E-state index in [1.54, 1.807) is 6.07 Å². The summed E-state index contributed by atoms with van der Waals surface area (Å²) < 4.78 is 27.5. The summed E-state index contributed by atoms with van der Waals surface area (Å²) in [6, 6.07) is 9.91. The summed E-state index contributed by atoms with van der Waals surface area (Å²) in [4.78, 5) is 0.0282. The van der Waals surface area contributed by atoms with Gasteiger partial charge < -0.3 is 0 Å². The minimum atomic E-state index is -3.80. The number of benzene rings is 1. The summed E-state index contributed by atoms with van der Waals surface area (Å²) in [6.45, 7) is 0. The molecule has 0 aromatic heterocycles. The van der Waals surface area contributed by atoms with Crippen LogP contribution >= 0.6 is 0 Å². The van der Waals surface area contributed by atoms with Crippen molar-refractivity contribution in [3.8, 4) is 12.1 Å². The van der Waals surface area contributed by atoms with Crippen LogP contribution in [-0.4, -0.2) is 14.0 Å². The molecule has 0 bridgehead atoms. The van der Waals surface area contributed by atoms with Crippen LogP contribution in [0.4, 0.5) is 0 Å². The third-order valence-corrected chi connectivity index (χ3v) is 5.31. The van der Waals surface area contributed by atoms with Crippen LogP contribution in [0.25, 0.3) is 0 Å². The van der Waals surface area contributed by atoms with E-state index in [1.165, 1.54) is 18.2 Å². The molecule has 110 valence electrons. The molecule has 5 nitrogen and oxygen atoms in total. The van der Waals surface area contributed by atoms with Crippen molar-refractivity contribution in [2.24, 2.45) is 0 Å². The Morgan fingerprint density at radius 1 is 1.10 bits per heavy atom. The third kappa shape index (κ3) is 3.60. The zero-order chi connectivity index (χ0) is 15.3. The summed E-state index contributed by atoms with van der Waals surface area (Å²) in [7, 11) is -3.80. The van der Waals surface area contributed by atoms with E-state index in [2.05, 4.69) is 10.8 Å². The van der Waals surface area contributed by atoms with Crippen molar-refractivity contribution in [2.75, 3.05) is 0 Å². The number of nitriles is 2. The van der Waals surface area contributed by atoms with E-state index < -0.39 is 15.6 Å². The normalized spacial score (nSPS) is 18.2. The molecule has 21 heavy (non-hydrogen) atoms. The second kappa shape index (κ2) is 6.26. The first-order chi connectivity index (χ1) is 10.0. The largest absolute Gasteiger partial charge is 0.241 e. The Morgan fingerprint density at radius 2 is 1.76 bits per heavy atom. The summed E-state index contributed by atoms with van der Waals surface area (Å²) in [5.74, 6) is 0. The van der Waals surface area contributed by atoms with Gasteiger partial charge in [-0.05, 0) is 31.0 Å². The molecule has 1 aliphatic rings. The maximum absolute atomic E-state index is 12.5. The second-order valence-corrected chi connectivity index (χ2v) is 7.04. The van der Waals surface area contributed by atoms with Crippen LogP contribution in [0.15, 0.2) is 29.2 Å². The van der Waals surface area contributed by atoms with Crippen LogP contribution in [0.3, 0.4) is 0 Å². The molecule has 6 heteroatoms. The van der Waals surface area contributed by atoms with Gasteiger partial charge in [-0.15, -0.1) is 0 Å². The zero-order valence-corrected chi connectivity index (χ0v) is 12.5. The lowest BCUT2D eigenvalue weighted by molar-refractivity contribution is 0.422. The van der Waals surface area contributed by atoms with E-state index in [1.807, 2.05) is 6.07 Å². The van der Waals surface area contributed by atoms with Crippen LogP contribution in [0, 0.1) is 22.7 Å². The number of hydrogen-bond acceptors (Lipinski definition) is 4. The monoisotopic (exact) mass is 303 g/mol. The fourth-order valence-electron chi connectivity index (χ4n) is 2.62. The van der Waals surface area contributed by atoms with Crippen molar-refractivity contribution in [1.82, 2.24) is 4.72 Å². The molecular weight excluding hydrogens is 286 g/mol. The van der Waals surface area contributed by atoms with Gasteiger partial charge in [-0.2, -0.15) is 15.2 Å². The van der Waals surface area contributed by atoms with Crippen molar-refractivity contribution >= 4 is 10.0 Å². The molecule has 1 saturated carbocycles. The van der Waals surface area contributed by atoms with Crippen LogP contribution in [0.2, 0.25) is 0 Å². The van der Waals surface area contributed by atoms with Crippen LogP contribution in [0.1, 0.15) is 44.1 Å². The molecule has 0 heterocycles. The molecule has 0 spiro atoms. The highest BCUT2D eigenvalue weighted by Crippen LogP contribution is 2.28. The van der Waals surface area contributed by atoms with Gasteiger partial charge in [0.05, 0.1) is 22.6 Å². The van der Waals surface area contributed by atoms with Crippen molar-refractivity contribution in [2.45, 2.75) is 49.0 Å². The number of sulfonamides is 1. The average Bonchev–Trinajstić information content (AvgIpc) is 2.73. The van der Waals surface area contributed by atoms with E-state index in [9.17, 15) is 13.7 Å². The molecule has 0 aliphatic heterocycles. The molecular formula is C15H17N3O2S. The summed E-state index contributed by atoms with van der Waals surface area (Å²) in [6.07, 6.45) is 4.79. The Labute approximate surface area is 125 Å². The van der Waals surface area contributed by atoms with Crippen molar-refractivity contribution in [3.63, 3.8) is 0 Å². The molecule has 2 rings (SSSR count). The fraction of sp³-hybridized carbons (Fsp3) is 0.467. The van der Waals surface area contributed by atoms with E-state index in [0.29, 0.717) is 12.8 Å². The summed E-state index contributed by atoms with van der Waals surface area (Å²) >= 11 is 0. The predicted octanol–water partition coefficient (Wildman–Crippen LogP) is 2.45. The van der Waals surface area contributed by atoms with E-state index in [4.69, 9.17) is 5.26 Å². The van der Waals surface area contributed by atoms with Crippen molar-refractivity contribution in [1.29, 1.82) is 10.5 Å². The second-order valence-electron chi connectivity index (χ2n) is 5.35. The molecule has 0 radical (unpaired) electrons. The molecule has 0 saturated heterocycles. The highest BCUT2D eigenvalue weighted by molar-refractivity contribution is 7.89. The molecule has 1 fully saturated rings. The Balaban J connectivity index is 2.31. The maximum atomic E-state index is 12.5. The van der Waals surface area contributed by atoms with Gasteiger partial charge in [-0.25, -0.2) is 8.42 Å². The van der Waals surface area contributed by atoms with Crippen LogP contribution in [0.5, 0.6) is 0 Å². The van der Waals surface area contributed by atoms with E-state index in [-0.39, 0.29) is 10.5 Å². The number of hydrogen-bond donors (Lipinski definition) is 1. The van der Waals surface area contributed by atoms with Crippen molar-refractivity contribution in [3.05, 3.63) is 29.8 Å². The smallest absolute Gasteiger partial charge is 0.207 e. The quantitative estimate of drug-likeness (QED) is 0.868. The van der Waals surface area contributed by atoms with Gasteiger partial charge in [-0.1, -0.05) is 31.7 Å². The topological polar surface area (TPSA) is 93.8 Å².